The highest BCUT2D eigenvalue weighted by Crippen LogP contribution is 2.41. The summed E-state index contributed by atoms with van der Waals surface area (Å²) in [4.78, 5) is 29.7. The molecule has 0 unspecified atom stereocenters. The number of carbonyl (C=O) groups excluding carboxylic acids is 2. The summed E-state index contributed by atoms with van der Waals surface area (Å²) < 4.78 is 1.86. The van der Waals surface area contributed by atoms with Gasteiger partial charge in [-0.25, -0.2) is 4.68 Å². The summed E-state index contributed by atoms with van der Waals surface area (Å²) in [5, 5.41) is 7.66. The van der Waals surface area contributed by atoms with Gasteiger partial charge in [0.15, 0.2) is 0 Å². The average molecular weight is 470 g/mol. The van der Waals surface area contributed by atoms with Crippen LogP contribution in [0.1, 0.15) is 42.4 Å². The van der Waals surface area contributed by atoms with Gasteiger partial charge < -0.3 is 5.32 Å². The average Bonchev–Trinajstić information content (AvgIpc) is 3.30. The molecule has 5 rings (SSSR count). The fourth-order valence-corrected chi connectivity index (χ4v) is 4.87. The third-order valence-electron chi connectivity index (χ3n) is 6.89. The number of hydrogen-bond acceptors (Lipinski definition) is 4. The predicted molar refractivity (Wildman–Crippen MR) is 137 cm³/mol. The molecule has 2 aliphatic rings. The summed E-state index contributed by atoms with van der Waals surface area (Å²) >= 11 is 0. The molecule has 3 aromatic rings. The molecular formula is C28H31N5O2. The highest BCUT2D eigenvalue weighted by molar-refractivity contribution is 5.97. The van der Waals surface area contributed by atoms with Gasteiger partial charge in [-0.05, 0) is 49.7 Å². The molecule has 1 saturated heterocycles. The van der Waals surface area contributed by atoms with Crippen LogP contribution in [-0.2, 0) is 16.1 Å². The van der Waals surface area contributed by atoms with Crippen molar-refractivity contribution in [1.82, 2.24) is 20.0 Å². The standard InChI is InChI=1S/C28H31N5O2/c1-3-32-26(34)16-24(25-18-30-33(28(25)32)23-11-5-4-6-12-23)22-10-7-9-21(15-22)17-29-27(35)20(2)19-31-13-8-14-31/h4-7,9-12,15,18,24H,2-3,8,13-14,16-17,19H2,1H3,(H,29,35)/t24-/m0/s1. The Labute approximate surface area is 206 Å². The minimum absolute atomic E-state index is 0.0867. The van der Waals surface area contributed by atoms with Crippen LogP contribution in [0.3, 0.4) is 0 Å². The van der Waals surface area contributed by atoms with Gasteiger partial charge in [0.1, 0.15) is 5.82 Å². The second-order valence-corrected chi connectivity index (χ2v) is 9.23. The van der Waals surface area contributed by atoms with E-state index in [-0.39, 0.29) is 17.7 Å². The zero-order valence-corrected chi connectivity index (χ0v) is 20.1. The minimum atomic E-state index is -0.111. The van der Waals surface area contributed by atoms with Crippen LogP contribution in [-0.4, -0.2) is 52.7 Å². The summed E-state index contributed by atoms with van der Waals surface area (Å²) in [6.45, 7) is 9.64. The van der Waals surface area contributed by atoms with E-state index in [1.807, 2.05) is 65.2 Å². The zero-order valence-electron chi connectivity index (χ0n) is 20.1. The maximum absolute atomic E-state index is 13.2. The number of carbonyl (C=O) groups is 2. The largest absolute Gasteiger partial charge is 0.348 e. The first kappa shape index (κ1) is 23.1. The summed E-state index contributed by atoms with van der Waals surface area (Å²) in [5.74, 6) is 0.722. The van der Waals surface area contributed by atoms with Crippen LogP contribution in [0.15, 0.2) is 72.9 Å². The van der Waals surface area contributed by atoms with Crippen molar-refractivity contribution in [2.24, 2.45) is 0 Å². The van der Waals surface area contributed by atoms with Crippen LogP contribution < -0.4 is 10.2 Å². The lowest BCUT2D eigenvalue weighted by atomic mass is 9.86. The molecule has 1 aromatic heterocycles. The summed E-state index contributed by atoms with van der Waals surface area (Å²) in [6, 6.07) is 18.0. The SMILES string of the molecule is C=C(CN1CCC1)C(=O)NCc1cccc([C@@H]2CC(=O)N(CC)c3c2cnn3-c2ccccc2)c1. The normalized spacial score (nSPS) is 17.6. The number of nitrogens with zero attached hydrogens (tertiary/aromatic N) is 4. The number of likely N-dealkylation sites (tertiary alicyclic amines) is 1. The monoisotopic (exact) mass is 469 g/mol. The second kappa shape index (κ2) is 9.88. The van der Waals surface area contributed by atoms with E-state index in [1.165, 1.54) is 6.42 Å². The molecule has 35 heavy (non-hydrogen) atoms. The lowest BCUT2D eigenvalue weighted by molar-refractivity contribution is -0.119. The second-order valence-electron chi connectivity index (χ2n) is 9.23. The van der Waals surface area contributed by atoms with E-state index in [0.29, 0.717) is 31.6 Å². The quantitative estimate of drug-likeness (QED) is 0.512. The Morgan fingerprint density at radius 1 is 1.14 bits per heavy atom. The van der Waals surface area contributed by atoms with E-state index in [4.69, 9.17) is 0 Å². The maximum atomic E-state index is 13.2. The number of anilines is 1. The Bertz CT molecular complexity index is 1250. The number of benzene rings is 2. The topological polar surface area (TPSA) is 70.5 Å². The smallest absolute Gasteiger partial charge is 0.248 e. The van der Waals surface area contributed by atoms with E-state index < -0.39 is 0 Å². The van der Waals surface area contributed by atoms with E-state index in [2.05, 4.69) is 34.0 Å². The summed E-state index contributed by atoms with van der Waals surface area (Å²) in [7, 11) is 0. The molecule has 1 atom stereocenters. The molecule has 0 bridgehead atoms. The van der Waals surface area contributed by atoms with Gasteiger partial charge in [0.05, 0.1) is 11.9 Å². The fraction of sp³-hybridized carbons (Fsp3) is 0.321. The molecule has 0 spiro atoms. The number of aromatic nitrogens is 2. The Morgan fingerprint density at radius 3 is 2.66 bits per heavy atom. The molecule has 0 radical (unpaired) electrons. The first-order valence-corrected chi connectivity index (χ1v) is 12.3. The molecule has 2 amide bonds. The Balaban J connectivity index is 1.37. The van der Waals surface area contributed by atoms with E-state index in [0.717, 1.165) is 41.3 Å². The van der Waals surface area contributed by atoms with E-state index in [9.17, 15) is 9.59 Å². The Kier molecular flexibility index (Phi) is 6.51. The highest BCUT2D eigenvalue weighted by Gasteiger charge is 2.35. The molecule has 7 nitrogen and oxygen atoms in total. The fourth-order valence-electron chi connectivity index (χ4n) is 4.87. The third-order valence-corrected chi connectivity index (χ3v) is 6.89. The van der Waals surface area contributed by atoms with Crippen molar-refractivity contribution in [2.45, 2.75) is 32.2 Å². The maximum Gasteiger partial charge on any atom is 0.248 e. The molecule has 0 saturated carbocycles. The number of hydrogen-bond donors (Lipinski definition) is 1. The highest BCUT2D eigenvalue weighted by atomic mass is 16.2. The minimum Gasteiger partial charge on any atom is -0.348 e. The van der Waals surface area contributed by atoms with Crippen molar-refractivity contribution in [1.29, 1.82) is 0 Å². The van der Waals surface area contributed by atoms with Gasteiger partial charge in [0, 0.05) is 43.1 Å². The van der Waals surface area contributed by atoms with Crippen LogP contribution >= 0.6 is 0 Å². The van der Waals surface area contributed by atoms with Crippen LogP contribution in [0.4, 0.5) is 5.82 Å². The van der Waals surface area contributed by atoms with Gasteiger partial charge in [-0.15, -0.1) is 0 Å². The van der Waals surface area contributed by atoms with Crippen molar-refractivity contribution in [3.05, 3.63) is 89.6 Å². The number of nitrogens with one attached hydrogen (secondary N) is 1. The molecule has 7 heteroatoms. The van der Waals surface area contributed by atoms with Crippen LogP contribution in [0.5, 0.6) is 0 Å². The number of rotatable bonds is 8. The van der Waals surface area contributed by atoms with E-state index in [1.54, 1.807) is 0 Å². The van der Waals surface area contributed by atoms with Crippen molar-refractivity contribution < 1.29 is 9.59 Å². The summed E-state index contributed by atoms with van der Waals surface area (Å²) in [6.07, 6.45) is 3.47. The van der Waals surface area contributed by atoms with Crippen LogP contribution in [0.25, 0.3) is 5.69 Å². The number of fused-ring (bicyclic) bond motifs is 1. The first-order valence-electron chi connectivity index (χ1n) is 12.3. The molecule has 0 aliphatic carbocycles. The van der Waals surface area contributed by atoms with Crippen molar-refractivity contribution in [3.63, 3.8) is 0 Å². The lowest BCUT2D eigenvalue weighted by Crippen LogP contribution is -2.40. The van der Waals surface area contributed by atoms with Gasteiger partial charge in [0.2, 0.25) is 11.8 Å². The van der Waals surface area contributed by atoms with Crippen molar-refractivity contribution >= 4 is 17.6 Å². The van der Waals surface area contributed by atoms with Crippen molar-refractivity contribution in [2.75, 3.05) is 31.1 Å². The predicted octanol–water partition coefficient (Wildman–Crippen LogP) is 3.64. The summed E-state index contributed by atoms with van der Waals surface area (Å²) in [5.41, 5.74) is 4.61. The Morgan fingerprint density at radius 2 is 1.94 bits per heavy atom. The number of amides is 2. The zero-order chi connectivity index (χ0) is 24.4. The molecule has 2 aliphatic heterocycles. The molecule has 1 fully saturated rings. The van der Waals surface area contributed by atoms with Crippen LogP contribution in [0.2, 0.25) is 0 Å². The van der Waals surface area contributed by atoms with E-state index >= 15 is 0 Å². The van der Waals surface area contributed by atoms with Gasteiger partial charge in [0.25, 0.3) is 0 Å². The lowest BCUT2D eigenvalue weighted by Gasteiger charge is -2.32. The van der Waals surface area contributed by atoms with Crippen molar-refractivity contribution in [3.8, 4) is 5.69 Å². The first-order chi connectivity index (χ1) is 17.0. The van der Waals surface area contributed by atoms with Gasteiger partial charge in [-0.2, -0.15) is 5.10 Å². The molecular weight excluding hydrogens is 438 g/mol. The number of para-hydroxylation sites is 1. The molecule has 2 aromatic carbocycles. The molecule has 1 N–H and O–H groups in total. The Hall–Kier alpha value is -3.71. The van der Waals surface area contributed by atoms with Crippen LogP contribution in [0, 0.1) is 0 Å². The van der Waals surface area contributed by atoms with Gasteiger partial charge in [-0.3, -0.25) is 19.4 Å². The van der Waals surface area contributed by atoms with Gasteiger partial charge >= 0.3 is 0 Å². The molecule has 180 valence electrons. The molecule has 3 heterocycles. The van der Waals surface area contributed by atoms with Gasteiger partial charge in [-0.1, -0.05) is 49.0 Å². The third kappa shape index (κ3) is 4.64.